The molecule has 0 saturated heterocycles. The summed E-state index contributed by atoms with van der Waals surface area (Å²) < 4.78 is 5.09. The quantitative estimate of drug-likeness (QED) is 0.666. The standard InChI is InChI=1S/C19H18O3S/c1-14-6-12-17(13-7-14)23-18(19(20)21)5-3-4-15-8-10-16(22-2)11-9-15/h6-13,18H,5H2,1-2H3,(H,20,21). The van der Waals surface area contributed by atoms with E-state index in [0.29, 0.717) is 6.42 Å². The van der Waals surface area contributed by atoms with Crippen molar-refractivity contribution in [2.45, 2.75) is 23.5 Å². The van der Waals surface area contributed by atoms with Crippen LogP contribution in [0.5, 0.6) is 5.75 Å². The Kier molecular flexibility index (Phi) is 6.13. The van der Waals surface area contributed by atoms with Gasteiger partial charge in [0.1, 0.15) is 11.0 Å². The van der Waals surface area contributed by atoms with Gasteiger partial charge in [0.05, 0.1) is 7.11 Å². The minimum absolute atomic E-state index is 0.292. The molecular weight excluding hydrogens is 308 g/mol. The molecule has 0 spiro atoms. The van der Waals surface area contributed by atoms with Crippen LogP contribution in [0.4, 0.5) is 0 Å². The second-order valence-corrected chi connectivity index (χ2v) is 6.27. The molecule has 4 heteroatoms. The molecule has 2 rings (SSSR count). The Hall–Kier alpha value is -2.38. The third-order valence-corrected chi connectivity index (χ3v) is 4.38. The molecule has 2 aromatic carbocycles. The average molecular weight is 326 g/mol. The Balaban J connectivity index is 2.01. The Labute approximate surface area is 140 Å². The summed E-state index contributed by atoms with van der Waals surface area (Å²) >= 11 is 1.32. The molecule has 0 bridgehead atoms. The monoisotopic (exact) mass is 326 g/mol. The average Bonchev–Trinajstić information content (AvgIpc) is 2.56. The summed E-state index contributed by atoms with van der Waals surface area (Å²) in [7, 11) is 1.61. The number of benzene rings is 2. The third kappa shape index (κ3) is 5.39. The van der Waals surface area contributed by atoms with E-state index in [4.69, 9.17) is 4.74 Å². The molecule has 0 aliphatic rings. The van der Waals surface area contributed by atoms with Gasteiger partial charge in [0, 0.05) is 16.9 Å². The van der Waals surface area contributed by atoms with E-state index >= 15 is 0 Å². The predicted octanol–water partition coefficient (Wildman–Crippen LogP) is 3.99. The largest absolute Gasteiger partial charge is 0.497 e. The molecule has 0 radical (unpaired) electrons. The number of rotatable bonds is 5. The van der Waals surface area contributed by atoms with Gasteiger partial charge in [-0.3, -0.25) is 4.79 Å². The van der Waals surface area contributed by atoms with E-state index in [9.17, 15) is 9.90 Å². The van der Waals surface area contributed by atoms with Gasteiger partial charge in [-0.2, -0.15) is 0 Å². The van der Waals surface area contributed by atoms with Crippen LogP contribution in [0.15, 0.2) is 53.4 Å². The van der Waals surface area contributed by atoms with Crippen LogP contribution in [0, 0.1) is 18.8 Å². The van der Waals surface area contributed by atoms with Crippen LogP contribution in [0.2, 0.25) is 0 Å². The minimum atomic E-state index is -0.848. The van der Waals surface area contributed by atoms with Gasteiger partial charge in [-0.15, -0.1) is 11.8 Å². The van der Waals surface area contributed by atoms with Crippen LogP contribution in [0.3, 0.4) is 0 Å². The lowest BCUT2D eigenvalue weighted by Crippen LogP contribution is -2.15. The molecule has 23 heavy (non-hydrogen) atoms. The summed E-state index contributed by atoms with van der Waals surface area (Å²) in [6.07, 6.45) is 0.292. The van der Waals surface area contributed by atoms with E-state index in [2.05, 4.69) is 11.8 Å². The van der Waals surface area contributed by atoms with E-state index < -0.39 is 11.2 Å². The molecule has 0 saturated carbocycles. The fourth-order valence-corrected chi connectivity index (χ4v) is 2.77. The fraction of sp³-hybridized carbons (Fsp3) is 0.211. The number of hydrogen-bond donors (Lipinski definition) is 1. The number of aliphatic carboxylic acids is 1. The van der Waals surface area contributed by atoms with Gasteiger partial charge >= 0.3 is 5.97 Å². The van der Waals surface area contributed by atoms with Crippen molar-refractivity contribution in [2.75, 3.05) is 7.11 Å². The third-order valence-electron chi connectivity index (χ3n) is 3.18. The normalized spacial score (nSPS) is 11.2. The molecule has 0 aliphatic heterocycles. The van der Waals surface area contributed by atoms with Crippen molar-refractivity contribution in [3.8, 4) is 17.6 Å². The Bertz CT molecular complexity index is 709. The molecular formula is C19H18O3S. The summed E-state index contributed by atoms with van der Waals surface area (Å²) in [6, 6.07) is 15.2. The lowest BCUT2D eigenvalue weighted by atomic mass is 10.2. The number of carboxylic acids is 1. The zero-order valence-corrected chi connectivity index (χ0v) is 13.9. The second kappa shape index (κ2) is 8.30. The van der Waals surface area contributed by atoms with Gasteiger partial charge in [-0.05, 0) is 43.3 Å². The molecule has 2 aromatic rings. The molecule has 1 N–H and O–H groups in total. The molecule has 0 aromatic heterocycles. The maximum absolute atomic E-state index is 11.4. The number of methoxy groups -OCH3 is 1. The zero-order chi connectivity index (χ0) is 16.7. The van der Waals surface area contributed by atoms with Gasteiger partial charge < -0.3 is 9.84 Å². The van der Waals surface area contributed by atoms with E-state index in [-0.39, 0.29) is 0 Å². The molecule has 1 atom stereocenters. The van der Waals surface area contributed by atoms with Gasteiger partial charge in [-0.1, -0.05) is 29.5 Å². The first-order valence-electron chi connectivity index (χ1n) is 7.17. The highest BCUT2D eigenvalue weighted by molar-refractivity contribution is 8.00. The van der Waals surface area contributed by atoms with Crippen molar-refractivity contribution >= 4 is 17.7 Å². The van der Waals surface area contributed by atoms with E-state index in [1.165, 1.54) is 11.8 Å². The van der Waals surface area contributed by atoms with Gasteiger partial charge in [0.15, 0.2) is 0 Å². The summed E-state index contributed by atoms with van der Waals surface area (Å²) in [5.41, 5.74) is 2.00. The molecule has 118 valence electrons. The highest BCUT2D eigenvalue weighted by atomic mass is 32.2. The Morgan fingerprint density at radius 3 is 2.39 bits per heavy atom. The Morgan fingerprint density at radius 2 is 1.83 bits per heavy atom. The first kappa shape index (κ1) is 17.0. The molecule has 0 amide bonds. The van der Waals surface area contributed by atoms with E-state index in [1.54, 1.807) is 7.11 Å². The predicted molar refractivity (Wildman–Crippen MR) is 92.9 cm³/mol. The van der Waals surface area contributed by atoms with Crippen molar-refractivity contribution < 1.29 is 14.6 Å². The maximum Gasteiger partial charge on any atom is 0.317 e. The van der Waals surface area contributed by atoms with Crippen molar-refractivity contribution in [2.24, 2.45) is 0 Å². The van der Waals surface area contributed by atoms with Crippen LogP contribution in [-0.2, 0) is 4.79 Å². The van der Waals surface area contributed by atoms with Crippen LogP contribution < -0.4 is 4.74 Å². The first-order valence-corrected chi connectivity index (χ1v) is 8.05. The van der Waals surface area contributed by atoms with Crippen LogP contribution in [0.25, 0.3) is 0 Å². The first-order chi connectivity index (χ1) is 11.1. The molecule has 3 nitrogen and oxygen atoms in total. The highest BCUT2D eigenvalue weighted by Gasteiger charge is 2.17. The zero-order valence-electron chi connectivity index (χ0n) is 13.1. The number of carboxylic acid groups (broad SMARTS) is 1. The van der Waals surface area contributed by atoms with Gasteiger partial charge in [0.2, 0.25) is 0 Å². The minimum Gasteiger partial charge on any atom is -0.497 e. The number of ether oxygens (including phenoxy) is 1. The van der Waals surface area contributed by atoms with Crippen LogP contribution in [0.1, 0.15) is 17.5 Å². The number of carbonyl (C=O) groups is 1. The number of thioether (sulfide) groups is 1. The summed E-state index contributed by atoms with van der Waals surface area (Å²) in [5, 5.41) is 8.77. The van der Waals surface area contributed by atoms with Crippen molar-refractivity contribution in [3.63, 3.8) is 0 Å². The summed E-state index contributed by atoms with van der Waals surface area (Å²) in [4.78, 5) is 12.3. The van der Waals surface area contributed by atoms with Crippen LogP contribution >= 0.6 is 11.8 Å². The molecule has 1 unspecified atom stereocenters. The maximum atomic E-state index is 11.4. The van der Waals surface area contributed by atoms with Crippen LogP contribution in [-0.4, -0.2) is 23.4 Å². The van der Waals surface area contributed by atoms with Crippen molar-refractivity contribution in [3.05, 3.63) is 59.7 Å². The smallest absolute Gasteiger partial charge is 0.317 e. The molecule has 0 aliphatic carbocycles. The summed E-state index contributed by atoms with van der Waals surface area (Å²) in [6.45, 7) is 2.00. The fourth-order valence-electron chi connectivity index (χ4n) is 1.88. The molecule has 0 heterocycles. The number of hydrogen-bond acceptors (Lipinski definition) is 3. The van der Waals surface area contributed by atoms with E-state index in [0.717, 1.165) is 21.8 Å². The second-order valence-electron chi connectivity index (χ2n) is 4.99. The van der Waals surface area contributed by atoms with Crippen molar-refractivity contribution in [1.29, 1.82) is 0 Å². The lowest BCUT2D eigenvalue weighted by molar-refractivity contribution is -0.136. The van der Waals surface area contributed by atoms with E-state index in [1.807, 2.05) is 55.5 Å². The number of aryl methyl sites for hydroxylation is 1. The highest BCUT2D eigenvalue weighted by Crippen LogP contribution is 2.25. The molecule has 0 fully saturated rings. The van der Waals surface area contributed by atoms with Gasteiger partial charge in [-0.25, -0.2) is 0 Å². The van der Waals surface area contributed by atoms with Crippen molar-refractivity contribution in [1.82, 2.24) is 0 Å². The summed E-state index contributed by atoms with van der Waals surface area (Å²) in [5.74, 6) is 5.88. The topological polar surface area (TPSA) is 46.5 Å². The SMILES string of the molecule is COc1ccc(C#CCC(Sc2ccc(C)cc2)C(=O)O)cc1. The Morgan fingerprint density at radius 1 is 1.17 bits per heavy atom. The van der Waals surface area contributed by atoms with Gasteiger partial charge in [0.25, 0.3) is 0 Å². The lowest BCUT2D eigenvalue weighted by Gasteiger charge is -2.08.